The Labute approximate surface area is 134 Å². The van der Waals surface area contributed by atoms with Crippen molar-refractivity contribution < 1.29 is 23.1 Å². The van der Waals surface area contributed by atoms with Crippen molar-refractivity contribution in [2.24, 2.45) is 0 Å². The van der Waals surface area contributed by atoms with E-state index in [2.05, 4.69) is 10.6 Å². The smallest absolute Gasteiger partial charge is 0.416 e. The second-order valence-corrected chi connectivity index (χ2v) is 4.95. The van der Waals surface area contributed by atoms with Gasteiger partial charge in [0.05, 0.1) is 11.1 Å². The van der Waals surface area contributed by atoms with Crippen LogP contribution in [0.15, 0.2) is 48.5 Å². The van der Waals surface area contributed by atoms with E-state index in [-0.39, 0.29) is 16.4 Å². The number of rotatable bonds is 3. The van der Waals surface area contributed by atoms with Crippen molar-refractivity contribution in [2.45, 2.75) is 6.18 Å². The summed E-state index contributed by atoms with van der Waals surface area (Å²) in [4.78, 5) is 10.7. The molecule has 0 aliphatic rings. The minimum atomic E-state index is -4.43. The minimum Gasteiger partial charge on any atom is -0.478 e. The number of hydrogen-bond acceptors (Lipinski definition) is 2. The summed E-state index contributed by atoms with van der Waals surface area (Å²) in [5, 5.41) is 14.3. The lowest BCUT2D eigenvalue weighted by Crippen LogP contribution is -2.19. The first kappa shape index (κ1) is 16.8. The van der Waals surface area contributed by atoms with Crippen LogP contribution in [0, 0.1) is 0 Å². The highest BCUT2D eigenvalue weighted by molar-refractivity contribution is 7.80. The third kappa shape index (κ3) is 4.68. The lowest BCUT2D eigenvalue weighted by molar-refractivity contribution is -0.137. The highest BCUT2D eigenvalue weighted by Gasteiger charge is 2.30. The van der Waals surface area contributed by atoms with E-state index in [9.17, 15) is 18.0 Å². The SMILES string of the molecule is O=C(O)c1ccc(NC(=S)Nc2cccc(C(F)(F)F)c2)cc1. The van der Waals surface area contributed by atoms with Crippen molar-refractivity contribution in [3.8, 4) is 0 Å². The molecule has 0 fully saturated rings. The molecule has 0 atom stereocenters. The molecule has 0 spiro atoms. The Morgan fingerprint density at radius 2 is 1.61 bits per heavy atom. The standard InChI is InChI=1S/C15H11F3N2O2S/c16-15(17,18)10-2-1-3-12(8-10)20-14(23)19-11-6-4-9(5-7-11)13(21)22/h1-8H,(H,21,22)(H2,19,20,23). The molecule has 0 aliphatic carbocycles. The van der Waals surface area contributed by atoms with Crippen LogP contribution in [0.5, 0.6) is 0 Å². The predicted molar refractivity (Wildman–Crippen MR) is 84.7 cm³/mol. The van der Waals surface area contributed by atoms with Crippen LogP contribution in [0.3, 0.4) is 0 Å². The normalized spacial score (nSPS) is 10.9. The number of anilines is 2. The monoisotopic (exact) mass is 340 g/mol. The number of halogens is 3. The van der Waals surface area contributed by atoms with Crippen LogP contribution < -0.4 is 10.6 Å². The molecule has 0 radical (unpaired) electrons. The van der Waals surface area contributed by atoms with Crippen LogP contribution in [0.1, 0.15) is 15.9 Å². The summed E-state index contributed by atoms with van der Waals surface area (Å²) in [6.07, 6.45) is -4.43. The molecule has 2 aromatic carbocycles. The van der Waals surface area contributed by atoms with Gasteiger partial charge in [0.15, 0.2) is 5.11 Å². The molecule has 2 aromatic rings. The molecule has 0 saturated heterocycles. The zero-order chi connectivity index (χ0) is 17.0. The summed E-state index contributed by atoms with van der Waals surface area (Å²) in [6, 6.07) is 10.4. The topological polar surface area (TPSA) is 61.4 Å². The van der Waals surface area contributed by atoms with E-state index >= 15 is 0 Å². The number of thiocarbonyl (C=S) groups is 1. The van der Waals surface area contributed by atoms with Gasteiger partial charge in [0.25, 0.3) is 0 Å². The summed E-state index contributed by atoms with van der Waals surface area (Å²) in [7, 11) is 0. The average molecular weight is 340 g/mol. The number of aromatic carboxylic acids is 1. The molecule has 4 nitrogen and oxygen atoms in total. The number of alkyl halides is 3. The molecule has 0 aromatic heterocycles. The summed E-state index contributed by atoms with van der Waals surface area (Å²) in [6.45, 7) is 0. The summed E-state index contributed by atoms with van der Waals surface area (Å²) >= 11 is 5.02. The van der Waals surface area contributed by atoms with Gasteiger partial charge in [-0.05, 0) is 54.7 Å². The Balaban J connectivity index is 2.03. The zero-order valence-corrected chi connectivity index (χ0v) is 12.3. The number of hydrogen-bond donors (Lipinski definition) is 3. The van der Waals surface area contributed by atoms with Gasteiger partial charge in [-0.3, -0.25) is 0 Å². The van der Waals surface area contributed by atoms with Crippen molar-refractivity contribution in [3.05, 3.63) is 59.7 Å². The minimum absolute atomic E-state index is 0.0902. The molecule has 0 heterocycles. The van der Waals surface area contributed by atoms with E-state index in [0.29, 0.717) is 5.69 Å². The highest BCUT2D eigenvalue weighted by Crippen LogP contribution is 2.30. The average Bonchev–Trinajstić information content (AvgIpc) is 2.47. The van der Waals surface area contributed by atoms with Crippen LogP contribution >= 0.6 is 12.2 Å². The number of nitrogens with one attached hydrogen (secondary N) is 2. The molecule has 3 N–H and O–H groups in total. The van der Waals surface area contributed by atoms with E-state index in [1.165, 1.54) is 36.4 Å². The lowest BCUT2D eigenvalue weighted by Gasteiger charge is -2.12. The molecule has 0 saturated carbocycles. The van der Waals surface area contributed by atoms with Crippen LogP contribution in [0.2, 0.25) is 0 Å². The predicted octanol–water partition coefficient (Wildman–Crippen LogP) is 4.21. The zero-order valence-electron chi connectivity index (χ0n) is 11.5. The number of carbonyl (C=O) groups is 1. The first-order chi connectivity index (χ1) is 10.8. The van der Waals surface area contributed by atoms with E-state index in [0.717, 1.165) is 12.1 Å². The van der Waals surface area contributed by atoms with Crippen molar-refractivity contribution in [1.29, 1.82) is 0 Å². The molecule has 8 heteroatoms. The third-order valence-electron chi connectivity index (χ3n) is 2.84. The lowest BCUT2D eigenvalue weighted by atomic mass is 10.2. The fourth-order valence-corrected chi connectivity index (χ4v) is 2.00. The fraction of sp³-hybridized carbons (Fsp3) is 0.0667. The van der Waals surface area contributed by atoms with E-state index in [4.69, 9.17) is 17.3 Å². The van der Waals surface area contributed by atoms with Gasteiger partial charge in [0, 0.05) is 11.4 Å². The summed E-state index contributed by atoms with van der Waals surface area (Å²) in [5.74, 6) is -1.05. The molecule has 0 amide bonds. The van der Waals surface area contributed by atoms with Gasteiger partial charge < -0.3 is 15.7 Å². The van der Waals surface area contributed by atoms with Crippen molar-refractivity contribution >= 4 is 34.7 Å². The molecule has 0 aliphatic heterocycles. The maximum absolute atomic E-state index is 12.6. The van der Waals surface area contributed by atoms with Crippen LogP contribution in [-0.2, 0) is 6.18 Å². The fourth-order valence-electron chi connectivity index (χ4n) is 1.76. The van der Waals surface area contributed by atoms with Gasteiger partial charge in [-0.1, -0.05) is 6.07 Å². The van der Waals surface area contributed by atoms with Gasteiger partial charge >= 0.3 is 12.1 Å². The Hall–Kier alpha value is -2.61. The van der Waals surface area contributed by atoms with Gasteiger partial charge in [-0.15, -0.1) is 0 Å². The quantitative estimate of drug-likeness (QED) is 0.731. The second kappa shape index (κ2) is 6.66. The number of carboxylic acid groups (broad SMARTS) is 1. The number of benzene rings is 2. The third-order valence-corrected chi connectivity index (χ3v) is 3.04. The highest BCUT2D eigenvalue weighted by atomic mass is 32.1. The van der Waals surface area contributed by atoms with E-state index in [1.54, 1.807) is 0 Å². The Kier molecular flexibility index (Phi) is 4.85. The van der Waals surface area contributed by atoms with Gasteiger partial charge in [-0.2, -0.15) is 13.2 Å². The van der Waals surface area contributed by atoms with Gasteiger partial charge in [0.2, 0.25) is 0 Å². The largest absolute Gasteiger partial charge is 0.478 e. The maximum atomic E-state index is 12.6. The Bertz CT molecular complexity index is 730. The molecule has 120 valence electrons. The maximum Gasteiger partial charge on any atom is 0.416 e. The molecular formula is C15H11F3N2O2S. The van der Waals surface area contributed by atoms with Crippen molar-refractivity contribution in [2.75, 3.05) is 10.6 Å². The molecule has 2 rings (SSSR count). The Morgan fingerprint density at radius 3 is 2.17 bits per heavy atom. The van der Waals surface area contributed by atoms with E-state index < -0.39 is 17.7 Å². The number of carboxylic acids is 1. The van der Waals surface area contributed by atoms with Gasteiger partial charge in [-0.25, -0.2) is 4.79 Å². The second-order valence-electron chi connectivity index (χ2n) is 4.54. The molecular weight excluding hydrogens is 329 g/mol. The Morgan fingerprint density at radius 1 is 1.00 bits per heavy atom. The molecule has 0 bridgehead atoms. The summed E-state index contributed by atoms with van der Waals surface area (Å²) in [5.41, 5.74) is 0.0439. The first-order valence-corrected chi connectivity index (χ1v) is 6.75. The van der Waals surface area contributed by atoms with Crippen LogP contribution in [-0.4, -0.2) is 16.2 Å². The van der Waals surface area contributed by atoms with Gasteiger partial charge in [0.1, 0.15) is 0 Å². The van der Waals surface area contributed by atoms with Crippen LogP contribution in [0.25, 0.3) is 0 Å². The molecule has 0 unspecified atom stereocenters. The van der Waals surface area contributed by atoms with Crippen LogP contribution in [0.4, 0.5) is 24.5 Å². The van der Waals surface area contributed by atoms with Crippen molar-refractivity contribution in [3.63, 3.8) is 0 Å². The van der Waals surface area contributed by atoms with E-state index in [1.807, 2.05) is 0 Å². The van der Waals surface area contributed by atoms with Crippen molar-refractivity contribution in [1.82, 2.24) is 0 Å². The molecule has 23 heavy (non-hydrogen) atoms. The summed E-state index contributed by atoms with van der Waals surface area (Å²) < 4.78 is 37.9. The first-order valence-electron chi connectivity index (χ1n) is 6.34.